The molecule has 2 aliphatic heterocycles. The Bertz CT molecular complexity index is 2830. The number of aryl methyl sites for hydroxylation is 1. The second-order valence-corrected chi connectivity index (χ2v) is 20.0. The Balaban J connectivity index is 1.13. The molecule has 354 valence electrons. The molecule has 2 bridgehead atoms. The number of H-pyrrole nitrogens is 1. The van der Waals surface area contributed by atoms with E-state index in [1.807, 2.05) is 30.5 Å². The van der Waals surface area contributed by atoms with Gasteiger partial charge < -0.3 is 50.6 Å². The summed E-state index contributed by atoms with van der Waals surface area (Å²) in [5.74, 6) is -0.0717. The van der Waals surface area contributed by atoms with E-state index in [1.54, 1.807) is 36.4 Å². The number of hydrogen-bond acceptors (Lipinski definition) is 10. The van der Waals surface area contributed by atoms with Gasteiger partial charge in [-0.05, 0) is 168 Å². The Morgan fingerprint density at radius 3 is 2.66 bits per heavy atom. The third-order valence-corrected chi connectivity index (χ3v) is 15.7. The molecule has 10 rings (SSSR count). The zero-order valence-corrected chi connectivity index (χ0v) is 38.9. The SMILES string of the molecule is COc1cc(CCC(O)C2C(=O)CC(c3cc(O)c(O)c(OCC4C=CCC(C)C4)c3)CC3C=Cc4cc(O)cc5ccc(c3c45)NC3=CC(=CCN3)C23CCCC3Cc2ccc[nH]2)ccc1O. The van der Waals surface area contributed by atoms with E-state index < -0.39 is 23.4 Å². The summed E-state index contributed by atoms with van der Waals surface area (Å²) in [6.07, 6.45) is 20.1. The number of anilines is 1. The monoisotopic (exact) mass is 917 g/mol. The molecule has 5 aliphatic rings. The van der Waals surface area contributed by atoms with Crippen LogP contribution in [0.25, 0.3) is 16.8 Å². The van der Waals surface area contributed by atoms with Crippen molar-refractivity contribution < 1.29 is 39.8 Å². The number of hydrogen-bond donors (Lipinski definition) is 8. The highest BCUT2D eigenvalue weighted by Crippen LogP contribution is 2.59. The van der Waals surface area contributed by atoms with Gasteiger partial charge in [0.15, 0.2) is 23.0 Å². The number of carbonyl (C=O) groups excluding carboxylic acids is 1. The van der Waals surface area contributed by atoms with Crippen LogP contribution in [0, 0.1) is 29.1 Å². The fourth-order valence-electron chi connectivity index (χ4n) is 12.5. The number of rotatable bonds is 11. The standard InChI is InChI=1S/C57H63N3O8/c1-33-6-3-7-35(22-33)32-68-51-29-40(28-49(65)56(51)66)39-24-36-12-13-37-25-44(61)26-38-14-15-45(54(36)53(37)38)60-52-31-42(18-21-59-52)57(19-4-8-41(57)30-43-9-5-20-58-43)55(48(64)27-39)47(63)17-11-34-10-16-46(62)50(23-34)67-2/h3,5,7,9-10,12-16,18,20,23,25-26,28-29,31,33,35-36,39,41,47,55,58-63,65-66H,4,6,8,11,17,19,21-22,24,27,30,32H2,1-2H3. The minimum Gasteiger partial charge on any atom is -0.508 e. The molecule has 1 spiro atoms. The number of aromatic hydroxyl groups is 4. The number of aliphatic hydroxyl groups is 1. The molecule has 0 radical (unpaired) electrons. The van der Waals surface area contributed by atoms with Crippen molar-refractivity contribution in [2.24, 2.45) is 29.1 Å². The van der Waals surface area contributed by atoms with E-state index in [4.69, 9.17) is 9.47 Å². The third kappa shape index (κ3) is 8.73. The average molecular weight is 918 g/mol. The molecule has 3 aliphatic carbocycles. The van der Waals surface area contributed by atoms with Gasteiger partial charge in [-0.3, -0.25) is 4.79 Å². The highest BCUT2D eigenvalue weighted by Gasteiger charge is 2.55. The number of phenols is 4. The number of phenolic OH excluding ortho intramolecular Hbond substituents is 4. The quantitative estimate of drug-likeness (QED) is 0.0470. The first-order chi connectivity index (χ1) is 33.0. The number of aromatic nitrogens is 1. The first kappa shape index (κ1) is 45.2. The molecule has 0 amide bonds. The number of aromatic amines is 1. The van der Waals surface area contributed by atoms with Gasteiger partial charge in [0.1, 0.15) is 17.4 Å². The molecule has 8 atom stereocenters. The number of Topliss-reactive ketones (excluding diaryl/α,β-unsaturated/α-hetero) is 1. The number of ether oxygens (including phenoxy) is 2. The molecule has 8 N–H and O–H groups in total. The number of nitrogens with one attached hydrogen (secondary N) is 3. The molecule has 4 aromatic carbocycles. The average Bonchev–Trinajstić information content (AvgIpc) is 4.01. The molecular formula is C57H63N3O8. The number of methoxy groups -OCH3 is 1. The van der Waals surface area contributed by atoms with E-state index in [2.05, 4.69) is 65.1 Å². The molecule has 1 saturated carbocycles. The van der Waals surface area contributed by atoms with Crippen molar-refractivity contribution in [2.45, 2.75) is 89.1 Å². The van der Waals surface area contributed by atoms with Gasteiger partial charge in [-0.25, -0.2) is 0 Å². The van der Waals surface area contributed by atoms with Gasteiger partial charge in [0.05, 0.1) is 25.7 Å². The van der Waals surface area contributed by atoms with Crippen molar-refractivity contribution >= 4 is 28.3 Å². The smallest absolute Gasteiger partial charge is 0.200 e. The predicted molar refractivity (Wildman–Crippen MR) is 265 cm³/mol. The van der Waals surface area contributed by atoms with Crippen molar-refractivity contribution in [3.8, 4) is 34.5 Å². The van der Waals surface area contributed by atoms with Gasteiger partial charge in [-0.15, -0.1) is 0 Å². The van der Waals surface area contributed by atoms with Gasteiger partial charge >= 0.3 is 0 Å². The number of aliphatic hydroxyl groups excluding tert-OH is 1. The van der Waals surface area contributed by atoms with Gasteiger partial charge in [-0.2, -0.15) is 0 Å². The van der Waals surface area contributed by atoms with Crippen LogP contribution in [0.5, 0.6) is 34.5 Å². The maximum Gasteiger partial charge on any atom is 0.200 e. The van der Waals surface area contributed by atoms with E-state index in [-0.39, 0.29) is 65.1 Å². The minimum absolute atomic E-state index is 0.00227. The lowest BCUT2D eigenvalue weighted by atomic mass is 9.57. The molecule has 8 unspecified atom stereocenters. The zero-order valence-electron chi connectivity index (χ0n) is 38.9. The highest BCUT2D eigenvalue weighted by molar-refractivity contribution is 6.00. The molecule has 5 aromatic rings. The Morgan fingerprint density at radius 1 is 0.956 bits per heavy atom. The summed E-state index contributed by atoms with van der Waals surface area (Å²) in [6, 6.07) is 20.4. The Morgan fingerprint density at radius 2 is 1.84 bits per heavy atom. The van der Waals surface area contributed by atoms with Gasteiger partial charge in [0.25, 0.3) is 0 Å². The topological polar surface area (TPSA) is 177 Å². The van der Waals surface area contributed by atoms with E-state index in [0.29, 0.717) is 56.1 Å². The Labute approximate surface area is 397 Å². The lowest BCUT2D eigenvalue weighted by molar-refractivity contribution is -0.134. The summed E-state index contributed by atoms with van der Waals surface area (Å²) in [4.78, 5) is 19.6. The number of allylic oxidation sites excluding steroid dienone is 4. The molecule has 68 heavy (non-hydrogen) atoms. The van der Waals surface area contributed by atoms with Crippen molar-refractivity contribution in [1.29, 1.82) is 0 Å². The fraction of sp³-hybridized carbons (Fsp3) is 0.386. The van der Waals surface area contributed by atoms with Crippen LogP contribution in [0.2, 0.25) is 0 Å². The largest absolute Gasteiger partial charge is 0.508 e. The second-order valence-electron chi connectivity index (χ2n) is 20.0. The van der Waals surface area contributed by atoms with Crippen LogP contribution in [0.4, 0.5) is 5.69 Å². The Kier molecular flexibility index (Phi) is 12.5. The molecule has 3 heterocycles. The molecule has 1 fully saturated rings. The third-order valence-electron chi connectivity index (χ3n) is 15.7. The number of dihydropyridines is 1. The normalized spacial score (nSPS) is 25.9. The molecule has 1 aromatic heterocycles. The number of fused-ring (bicyclic) bond motifs is 2. The van der Waals surface area contributed by atoms with Gasteiger partial charge in [-0.1, -0.05) is 55.9 Å². The fourth-order valence-corrected chi connectivity index (χ4v) is 12.5. The Hall–Kier alpha value is -6.59. The summed E-state index contributed by atoms with van der Waals surface area (Å²) < 4.78 is 11.8. The first-order valence-corrected chi connectivity index (χ1v) is 24.4. The van der Waals surface area contributed by atoms with Crippen LogP contribution in [0.15, 0.2) is 115 Å². The molecular weight excluding hydrogens is 855 g/mol. The molecule has 0 saturated heterocycles. The van der Waals surface area contributed by atoms with Crippen molar-refractivity contribution in [1.82, 2.24) is 10.3 Å². The van der Waals surface area contributed by atoms with Crippen LogP contribution >= 0.6 is 0 Å². The molecule has 11 nitrogen and oxygen atoms in total. The summed E-state index contributed by atoms with van der Waals surface area (Å²) in [6.45, 7) is 3.07. The predicted octanol–water partition coefficient (Wildman–Crippen LogP) is 10.7. The van der Waals surface area contributed by atoms with Crippen molar-refractivity contribution in [2.75, 3.05) is 25.6 Å². The van der Waals surface area contributed by atoms with E-state index in [9.17, 15) is 25.5 Å². The highest BCUT2D eigenvalue weighted by atomic mass is 16.5. The first-order valence-electron chi connectivity index (χ1n) is 24.4. The summed E-state index contributed by atoms with van der Waals surface area (Å²) in [7, 11) is 1.51. The maximum absolute atomic E-state index is 16.2. The number of ketones is 1. The van der Waals surface area contributed by atoms with Crippen LogP contribution in [0.3, 0.4) is 0 Å². The van der Waals surface area contributed by atoms with Crippen LogP contribution < -0.4 is 20.1 Å². The maximum atomic E-state index is 16.2. The summed E-state index contributed by atoms with van der Waals surface area (Å²) in [5.41, 5.74) is 5.70. The lowest BCUT2D eigenvalue weighted by Crippen LogP contribution is -2.48. The number of benzene rings is 4. The van der Waals surface area contributed by atoms with Crippen LogP contribution in [-0.2, 0) is 17.6 Å². The minimum atomic E-state index is -1.05. The summed E-state index contributed by atoms with van der Waals surface area (Å²) >= 11 is 0. The van der Waals surface area contributed by atoms with Crippen LogP contribution in [0.1, 0.15) is 98.1 Å². The lowest BCUT2D eigenvalue weighted by Gasteiger charge is -2.46. The number of carbonyl (C=O) groups is 1. The van der Waals surface area contributed by atoms with E-state index in [0.717, 1.165) is 75.9 Å². The van der Waals surface area contributed by atoms with Gasteiger partial charge in [0, 0.05) is 47.8 Å². The van der Waals surface area contributed by atoms with E-state index in [1.165, 1.54) is 7.11 Å². The van der Waals surface area contributed by atoms with Crippen molar-refractivity contribution in [3.63, 3.8) is 0 Å². The zero-order chi connectivity index (χ0) is 47.1. The molecule has 11 heteroatoms. The summed E-state index contributed by atoms with van der Waals surface area (Å²) in [5, 5.41) is 66.3. The van der Waals surface area contributed by atoms with Gasteiger partial charge in [0.2, 0.25) is 5.75 Å². The van der Waals surface area contributed by atoms with E-state index >= 15 is 4.79 Å². The van der Waals surface area contributed by atoms with Crippen LogP contribution in [-0.4, -0.2) is 62.7 Å². The second kappa shape index (κ2) is 18.8. The van der Waals surface area contributed by atoms with Crippen molar-refractivity contribution in [3.05, 3.63) is 143 Å².